The fraction of sp³-hybridized carbons (Fsp3) is 0.389. The second kappa shape index (κ2) is 7.06. The first-order valence-electron chi connectivity index (χ1n) is 8.20. The highest BCUT2D eigenvalue weighted by Gasteiger charge is 2.38. The standard InChI is InChI=1S/C18H22N4O3/c1-12-15(13-6-4-3-5-7-13)10-21(20-12)11-17(23)22-9-14(25-2)8-16(22)18(19)24/h3-7,10,14,16H,8-9,11H2,1-2H3,(H2,19,24)/t14-,16-/m0/s1. The van der Waals surface area contributed by atoms with Crippen LogP contribution >= 0.6 is 0 Å². The molecule has 7 heteroatoms. The fourth-order valence-electron chi connectivity index (χ4n) is 3.24. The van der Waals surface area contributed by atoms with E-state index in [0.717, 1.165) is 16.8 Å². The third kappa shape index (κ3) is 3.56. The number of rotatable bonds is 5. The summed E-state index contributed by atoms with van der Waals surface area (Å²) < 4.78 is 6.89. The Morgan fingerprint density at radius 2 is 2.04 bits per heavy atom. The molecule has 0 aliphatic carbocycles. The molecule has 0 bridgehead atoms. The van der Waals surface area contributed by atoms with E-state index in [1.165, 1.54) is 4.90 Å². The van der Waals surface area contributed by atoms with Gasteiger partial charge in [-0.2, -0.15) is 5.10 Å². The van der Waals surface area contributed by atoms with Gasteiger partial charge in [-0.1, -0.05) is 30.3 Å². The SMILES string of the molecule is CO[C@H]1C[C@@H](C(N)=O)N(C(=O)Cn2cc(-c3ccccc3)c(C)n2)C1. The summed E-state index contributed by atoms with van der Waals surface area (Å²) in [7, 11) is 1.57. The average Bonchev–Trinajstić information content (AvgIpc) is 3.19. The second-order valence-corrected chi connectivity index (χ2v) is 6.25. The van der Waals surface area contributed by atoms with Crippen LogP contribution in [0.15, 0.2) is 36.5 Å². The summed E-state index contributed by atoms with van der Waals surface area (Å²) in [6.45, 7) is 2.34. The van der Waals surface area contributed by atoms with Crippen molar-refractivity contribution >= 4 is 11.8 Å². The number of hydrogen-bond donors (Lipinski definition) is 1. The first-order valence-corrected chi connectivity index (χ1v) is 8.20. The van der Waals surface area contributed by atoms with Crippen molar-refractivity contribution in [1.29, 1.82) is 0 Å². The Balaban J connectivity index is 1.76. The van der Waals surface area contributed by atoms with E-state index in [1.54, 1.807) is 11.8 Å². The van der Waals surface area contributed by atoms with Crippen molar-refractivity contribution in [1.82, 2.24) is 14.7 Å². The van der Waals surface area contributed by atoms with Crippen LogP contribution in [0.2, 0.25) is 0 Å². The van der Waals surface area contributed by atoms with E-state index in [1.807, 2.05) is 43.5 Å². The predicted octanol–water partition coefficient (Wildman–Crippen LogP) is 0.960. The molecule has 2 heterocycles. The van der Waals surface area contributed by atoms with Gasteiger partial charge in [0.15, 0.2) is 0 Å². The molecule has 1 aromatic carbocycles. The molecule has 1 aliphatic heterocycles. The summed E-state index contributed by atoms with van der Waals surface area (Å²) >= 11 is 0. The Bertz CT molecular complexity index is 772. The molecule has 1 saturated heterocycles. The zero-order valence-corrected chi connectivity index (χ0v) is 14.4. The maximum atomic E-state index is 12.6. The van der Waals surface area contributed by atoms with Crippen molar-refractivity contribution in [3.8, 4) is 11.1 Å². The summed E-state index contributed by atoms with van der Waals surface area (Å²) in [6, 6.07) is 9.26. The largest absolute Gasteiger partial charge is 0.380 e. The molecule has 3 rings (SSSR count). The first kappa shape index (κ1) is 17.2. The van der Waals surface area contributed by atoms with E-state index in [4.69, 9.17) is 10.5 Å². The summed E-state index contributed by atoms with van der Waals surface area (Å²) in [5, 5.41) is 4.43. The lowest BCUT2D eigenvalue weighted by atomic mass is 10.1. The van der Waals surface area contributed by atoms with E-state index in [-0.39, 0.29) is 18.6 Å². The van der Waals surface area contributed by atoms with Crippen molar-refractivity contribution in [3.63, 3.8) is 0 Å². The summed E-state index contributed by atoms with van der Waals surface area (Å²) in [5.74, 6) is -0.694. The molecule has 2 N–H and O–H groups in total. The van der Waals surface area contributed by atoms with Gasteiger partial charge in [0, 0.05) is 31.8 Å². The fourth-order valence-corrected chi connectivity index (χ4v) is 3.24. The molecule has 1 aliphatic rings. The number of nitrogens with two attached hydrogens (primary N) is 1. The van der Waals surface area contributed by atoms with Gasteiger partial charge in [0.25, 0.3) is 0 Å². The normalized spacial score (nSPS) is 20.0. The minimum absolute atomic E-state index is 0.0634. The zero-order chi connectivity index (χ0) is 18.0. The second-order valence-electron chi connectivity index (χ2n) is 6.25. The lowest BCUT2D eigenvalue weighted by Crippen LogP contribution is -2.45. The molecule has 1 fully saturated rings. The monoisotopic (exact) mass is 342 g/mol. The van der Waals surface area contributed by atoms with Crippen LogP contribution in [0.5, 0.6) is 0 Å². The minimum atomic E-state index is -0.622. The molecule has 7 nitrogen and oxygen atoms in total. The van der Waals surface area contributed by atoms with Crippen molar-refractivity contribution < 1.29 is 14.3 Å². The van der Waals surface area contributed by atoms with Crippen molar-refractivity contribution in [2.45, 2.75) is 32.0 Å². The number of nitrogens with zero attached hydrogens (tertiary/aromatic N) is 3. The zero-order valence-electron chi connectivity index (χ0n) is 14.4. The van der Waals surface area contributed by atoms with Gasteiger partial charge >= 0.3 is 0 Å². The van der Waals surface area contributed by atoms with Gasteiger partial charge < -0.3 is 15.4 Å². The number of aryl methyl sites for hydroxylation is 1. The van der Waals surface area contributed by atoms with Crippen molar-refractivity contribution in [3.05, 3.63) is 42.2 Å². The number of aromatic nitrogens is 2. The maximum Gasteiger partial charge on any atom is 0.245 e. The van der Waals surface area contributed by atoms with Crippen LogP contribution in [-0.2, 0) is 20.9 Å². The van der Waals surface area contributed by atoms with Gasteiger partial charge in [-0.15, -0.1) is 0 Å². The topological polar surface area (TPSA) is 90.5 Å². The Morgan fingerprint density at radius 1 is 1.32 bits per heavy atom. The highest BCUT2D eigenvalue weighted by Crippen LogP contribution is 2.23. The summed E-state index contributed by atoms with van der Waals surface area (Å²) in [4.78, 5) is 25.8. The van der Waals surface area contributed by atoms with E-state index in [9.17, 15) is 9.59 Å². The van der Waals surface area contributed by atoms with Crippen LogP contribution in [0, 0.1) is 6.92 Å². The molecule has 0 unspecified atom stereocenters. The molecule has 0 radical (unpaired) electrons. The van der Waals surface area contributed by atoms with Gasteiger partial charge in [0.1, 0.15) is 12.6 Å². The van der Waals surface area contributed by atoms with E-state index >= 15 is 0 Å². The number of likely N-dealkylation sites (tertiary alicyclic amines) is 1. The van der Waals surface area contributed by atoms with Gasteiger partial charge in [-0.3, -0.25) is 14.3 Å². The average molecular weight is 342 g/mol. The van der Waals surface area contributed by atoms with Gasteiger partial charge in [0.2, 0.25) is 11.8 Å². The maximum absolute atomic E-state index is 12.6. The molecule has 2 amide bonds. The van der Waals surface area contributed by atoms with E-state index in [2.05, 4.69) is 5.10 Å². The molecule has 0 spiro atoms. The Labute approximate surface area is 146 Å². The number of ether oxygens (including phenoxy) is 1. The van der Waals surface area contributed by atoms with Gasteiger partial charge in [0.05, 0.1) is 11.8 Å². The van der Waals surface area contributed by atoms with Crippen LogP contribution in [0.4, 0.5) is 0 Å². The Hall–Kier alpha value is -2.67. The third-order valence-electron chi connectivity index (χ3n) is 4.57. The number of hydrogen-bond acceptors (Lipinski definition) is 4. The Kier molecular flexibility index (Phi) is 4.85. The molecular weight excluding hydrogens is 320 g/mol. The first-order chi connectivity index (χ1) is 12.0. The Morgan fingerprint density at radius 3 is 2.68 bits per heavy atom. The number of amides is 2. The lowest BCUT2D eigenvalue weighted by Gasteiger charge is -2.21. The van der Waals surface area contributed by atoms with Crippen LogP contribution in [0.3, 0.4) is 0 Å². The predicted molar refractivity (Wildman–Crippen MR) is 92.5 cm³/mol. The number of primary amides is 1. The quantitative estimate of drug-likeness (QED) is 0.876. The van der Waals surface area contributed by atoms with Crippen molar-refractivity contribution in [2.75, 3.05) is 13.7 Å². The van der Waals surface area contributed by atoms with Crippen LogP contribution in [0.25, 0.3) is 11.1 Å². The molecule has 0 saturated carbocycles. The molecular formula is C18H22N4O3. The number of carbonyl (C=O) groups is 2. The molecule has 25 heavy (non-hydrogen) atoms. The third-order valence-corrected chi connectivity index (χ3v) is 4.57. The minimum Gasteiger partial charge on any atom is -0.380 e. The van der Waals surface area contributed by atoms with E-state index < -0.39 is 11.9 Å². The van der Waals surface area contributed by atoms with Crippen LogP contribution < -0.4 is 5.73 Å². The highest BCUT2D eigenvalue weighted by atomic mass is 16.5. The molecule has 2 atom stereocenters. The van der Waals surface area contributed by atoms with Crippen molar-refractivity contribution in [2.24, 2.45) is 5.73 Å². The summed E-state index contributed by atoms with van der Waals surface area (Å²) in [6.07, 6.45) is 2.12. The summed E-state index contributed by atoms with van der Waals surface area (Å²) in [5.41, 5.74) is 8.31. The van der Waals surface area contributed by atoms with Gasteiger partial charge in [-0.05, 0) is 12.5 Å². The van der Waals surface area contributed by atoms with Crippen LogP contribution in [0.1, 0.15) is 12.1 Å². The smallest absolute Gasteiger partial charge is 0.245 e. The van der Waals surface area contributed by atoms with Crippen LogP contribution in [-0.4, -0.2) is 52.3 Å². The number of benzene rings is 1. The highest BCUT2D eigenvalue weighted by molar-refractivity contribution is 5.87. The number of methoxy groups -OCH3 is 1. The molecule has 1 aromatic heterocycles. The molecule has 2 aromatic rings. The lowest BCUT2D eigenvalue weighted by molar-refractivity contribution is -0.138. The molecule has 132 valence electrons. The number of carbonyl (C=O) groups excluding carboxylic acids is 2. The van der Waals surface area contributed by atoms with Gasteiger partial charge in [-0.25, -0.2) is 0 Å². The van der Waals surface area contributed by atoms with E-state index in [0.29, 0.717) is 13.0 Å².